The minimum atomic E-state index is -0.00150. The third-order valence-corrected chi connectivity index (χ3v) is 3.32. The van der Waals surface area contributed by atoms with Crippen LogP contribution in [0.25, 0.3) is 0 Å². The molecule has 108 valence electrons. The number of nitrogens with two attached hydrogens (primary N) is 1. The quantitative estimate of drug-likeness (QED) is 0.606. The maximum absolute atomic E-state index is 5.83. The maximum atomic E-state index is 5.83. The first kappa shape index (κ1) is 14.8. The van der Waals surface area contributed by atoms with Crippen molar-refractivity contribution in [2.24, 2.45) is 5.84 Å². The van der Waals surface area contributed by atoms with Crippen molar-refractivity contribution in [2.45, 2.75) is 25.9 Å². The fourth-order valence-electron chi connectivity index (χ4n) is 1.93. The normalized spacial score (nSPS) is 12.3. The van der Waals surface area contributed by atoms with Gasteiger partial charge in [0, 0.05) is 30.4 Å². The molecular formula is C14H19ClN4O. The molecule has 5 nitrogen and oxygen atoms in total. The third-order valence-electron chi connectivity index (χ3n) is 3.07. The van der Waals surface area contributed by atoms with Crippen LogP contribution < -0.4 is 16.0 Å². The highest BCUT2D eigenvalue weighted by Gasteiger charge is 2.12. The van der Waals surface area contributed by atoms with E-state index >= 15 is 0 Å². The van der Waals surface area contributed by atoms with E-state index in [4.69, 9.17) is 22.2 Å². The summed E-state index contributed by atoms with van der Waals surface area (Å²) in [6.07, 6.45) is 4.47. The Kier molecular flexibility index (Phi) is 5.40. The van der Waals surface area contributed by atoms with E-state index in [9.17, 15) is 0 Å². The smallest absolute Gasteiger partial charge is 0.119 e. The number of benzene rings is 1. The molecule has 2 aromatic rings. The highest BCUT2D eigenvalue weighted by atomic mass is 35.5. The molecule has 1 heterocycles. The van der Waals surface area contributed by atoms with Gasteiger partial charge in [0.15, 0.2) is 0 Å². The number of hydrogen-bond acceptors (Lipinski definition) is 4. The van der Waals surface area contributed by atoms with Crippen LogP contribution in [0.4, 0.5) is 0 Å². The SMILES string of the molecule is CCn1ccnc1CC(COc1ccc(Cl)cc1)NN. The molecule has 0 amide bonds. The summed E-state index contributed by atoms with van der Waals surface area (Å²) in [6, 6.07) is 7.27. The van der Waals surface area contributed by atoms with Gasteiger partial charge in [-0.3, -0.25) is 11.3 Å². The Labute approximate surface area is 123 Å². The van der Waals surface area contributed by atoms with Crippen molar-refractivity contribution >= 4 is 11.6 Å². The third kappa shape index (κ3) is 3.96. The molecule has 2 rings (SSSR count). The molecule has 1 atom stereocenters. The average Bonchev–Trinajstić information content (AvgIpc) is 2.92. The van der Waals surface area contributed by atoms with Crippen LogP contribution in [0.5, 0.6) is 5.75 Å². The van der Waals surface area contributed by atoms with Crippen molar-refractivity contribution < 1.29 is 4.74 Å². The van der Waals surface area contributed by atoms with Crippen molar-refractivity contribution in [1.82, 2.24) is 15.0 Å². The molecule has 0 saturated carbocycles. The van der Waals surface area contributed by atoms with Gasteiger partial charge in [0.25, 0.3) is 0 Å². The Bertz CT molecular complexity index is 526. The van der Waals surface area contributed by atoms with E-state index in [1.165, 1.54) is 0 Å². The molecule has 0 aliphatic heterocycles. The highest BCUT2D eigenvalue weighted by molar-refractivity contribution is 6.30. The second-order valence-corrected chi connectivity index (χ2v) is 4.90. The van der Waals surface area contributed by atoms with E-state index in [2.05, 4.69) is 21.9 Å². The summed E-state index contributed by atoms with van der Waals surface area (Å²) in [7, 11) is 0. The van der Waals surface area contributed by atoms with Crippen LogP contribution in [0, 0.1) is 0 Å². The zero-order valence-electron chi connectivity index (χ0n) is 11.4. The number of aryl methyl sites for hydroxylation is 1. The van der Waals surface area contributed by atoms with Gasteiger partial charge in [0.2, 0.25) is 0 Å². The van der Waals surface area contributed by atoms with Crippen LogP contribution >= 0.6 is 11.6 Å². The van der Waals surface area contributed by atoms with Gasteiger partial charge in [-0.05, 0) is 31.2 Å². The number of hydrogen-bond donors (Lipinski definition) is 2. The summed E-state index contributed by atoms with van der Waals surface area (Å²) >= 11 is 5.83. The van der Waals surface area contributed by atoms with Gasteiger partial charge in [-0.15, -0.1) is 0 Å². The van der Waals surface area contributed by atoms with Gasteiger partial charge in [-0.2, -0.15) is 0 Å². The summed E-state index contributed by atoms with van der Waals surface area (Å²) in [5.74, 6) is 7.35. The molecule has 3 N–H and O–H groups in total. The molecule has 0 fully saturated rings. The summed E-state index contributed by atoms with van der Waals surface area (Å²) < 4.78 is 7.79. The number of imidazole rings is 1. The topological polar surface area (TPSA) is 65.1 Å². The van der Waals surface area contributed by atoms with Gasteiger partial charge in [-0.1, -0.05) is 11.6 Å². The average molecular weight is 295 g/mol. The lowest BCUT2D eigenvalue weighted by atomic mass is 10.2. The summed E-state index contributed by atoms with van der Waals surface area (Å²) in [4.78, 5) is 4.34. The van der Waals surface area contributed by atoms with Crippen LogP contribution in [0.3, 0.4) is 0 Å². The van der Waals surface area contributed by atoms with Crippen molar-refractivity contribution in [3.63, 3.8) is 0 Å². The minimum absolute atomic E-state index is 0.00150. The number of hydrazine groups is 1. The number of halogens is 1. The molecule has 0 radical (unpaired) electrons. The molecule has 1 unspecified atom stereocenters. The van der Waals surface area contributed by atoms with E-state index in [0.717, 1.165) is 18.1 Å². The second-order valence-electron chi connectivity index (χ2n) is 4.46. The summed E-state index contributed by atoms with van der Waals surface area (Å²) in [5, 5.41) is 0.691. The summed E-state index contributed by atoms with van der Waals surface area (Å²) in [6.45, 7) is 3.44. The molecule has 0 bridgehead atoms. The van der Waals surface area contributed by atoms with Crippen LogP contribution in [0.1, 0.15) is 12.7 Å². The lowest BCUT2D eigenvalue weighted by molar-refractivity contribution is 0.261. The molecule has 1 aromatic carbocycles. The first-order valence-electron chi connectivity index (χ1n) is 6.57. The standard InChI is InChI=1S/C14H19ClN4O/c1-2-19-8-7-17-14(19)9-12(18-16)10-20-13-5-3-11(15)4-6-13/h3-8,12,18H,2,9-10,16H2,1H3. The van der Waals surface area contributed by atoms with Crippen molar-refractivity contribution in [3.8, 4) is 5.75 Å². The van der Waals surface area contributed by atoms with E-state index in [-0.39, 0.29) is 6.04 Å². The van der Waals surface area contributed by atoms with Gasteiger partial charge < -0.3 is 9.30 Å². The first-order chi connectivity index (χ1) is 9.72. The molecule has 1 aromatic heterocycles. The van der Waals surface area contributed by atoms with Crippen LogP contribution in [0.15, 0.2) is 36.7 Å². The fourth-order valence-corrected chi connectivity index (χ4v) is 2.06. The molecule has 0 aliphatic rings. The fraction of sp³-hybridized carbons (Fsp3) is 0.357. The predicted octanol–water partition coefficient (Wildman–Crippen LogP) is 2.01. The van der Waals surface area contributed by atoms with Crippen molar-refractivity contribution in [2.75, 3.05) is 6.61 Å². The number of aromatic nitrogens is 2. The molecule has 20 heavy (non-hydrogen) atoms. The lowest BCUT2D eigenvalue weighted by Crippen LogP contribution is -2.41. The Morgan fingerprint density at radius 3 is 2.80 bits per heavy atom. The Morgan fingerprint density at radius 2 is 2.15 bits per heavy atom. The highest BCUT2D eigenvalue weighted by Crippen LogP contribution is 2.15. The van der Waals surface area contributed by atoms with E-state index < -0.39 is 0 Å². The number of rotatable bonds is 7. The van der Waals surface area contributed by atoms with E-state index in [1.807, 2.05) is 18.3 Å². The van der Waals surface area contributed by atoms with E-state index in [0.29, 0.717) is 18.1 Å². The largest absolute Gasteiger partial charge is 0.492 e. The molecule has 0 spiro atoms. The summed E-state index contributed by atoms with van der Waals surface area (Å²) in [5.41, 5.74) is 2.77. The van der Waals surface area contributed by atoms with Crippen LogP contribution in [-0.2, 0) is 13.0 Å². The Hall–Kier alpha value is -1.56. The molecular weight excluding hydrogens is 276 g/mol. The van der Waals surface area contributed by atoms with Crippen LogP contribution in [-0.4, -0.2) is 22.2 Å². The number of nitrogens with zero attached hydrogens (tertiary/aromatic N) is 2. The molecule has 0 aliphatic carbocycles. The zero-order chi connectivity index (χ0) is 14.4. The van der Waals surface area contributed by atoms with Crippen LogP contribution in [0.2, 0.25) is 5.02 Å². The van der Waals surface area contributed by atoms with Crippen molar-refractivity contribution in [3.05, 3.63) is 47.5 Å². The number of ether oxygens (including phenoxy) is 1. The lowest BCUT2D eigenvalue weighted by Gasteiger charge is -2.17. The maximum Gasteiger partial charge on any atom is 0.119 e. The second kappa shape index (κ2) is 7.28. The first-order valence-corrected chi connectivity index (χ1v) is 6.95. The molecule has 6 heteroatoms. The van der Waals surface area contributed by atoms with Gasteiger partial charge in [0.1, 0.15) is 18.2 Å². The van der Waals surface area contributed by atoms with E-state index in [1.54, 1.807) is 18.3 Å². The molecule has 0 saturated heterocycles. The zero-order valence-corrected chi connectivity index (χ0v) is 12.2. The van der Waals surface area contributed by atoms with Crippen molar-refractivity contribution in [1.29, 1.82) is 0 Å². The Morgan fingerprint density at radius 1 is 1.40 bits per heavy atom. The van der Waals surface area contributed by atoms with Gasteiger partial charge in [0.05, 0.1) is 6.04 Å². The monoisotopic (exact) mass is 294 g/mol. The predicted molar refractivity (Wildman–Crippen MR) is 79.7 cm³/mol. The Balaban J connectivity index is 1.90. The minimum Gasteiger partial charge on any atom is -0.492 e. The van der Waals surface area contributed by atoms with Gasteiger partial charge in [-0.25, -0.2) is 4.98 Å². The van der Waals surface area contributed by atoms with Gasteiger partial charge >= 0.3 is 0 Å². The number of nitrogens with one attached hydrogen (secondary N) is 1.